The van der Waals surface area contributed by atoms with Crippen LogP contribution in [0.1, 0.15) is 47.9 Å². The lowest BCUT2D eigenvalue weighted by Gasteiger charge is -2.28. The van der Waals surface area contributed by atoms with Gasteiger partial charge in [-0.15, -0.1) is 0 Å². The van der Waals surface area contributed by atoms with E-state index in [4.69, 9.17) is 0 Å². The molecule has 0 radical (unpaired) electrons. The number of carbonyl (C=O) groups excluding carboxylic acids is 1. The van der Waals surface area contributed by atoms with Gasteiger partial charge in [-0.2, -0.15) is 28.6 Å². The highest BCUT2D eigenvalue weighted by Crippen LogP contribution is 2.34. The molecule has 1 aliphatic rings. The zero-order valence-corrected chi connectivity index (χ0v) is 22.7. The normalized spacial score (nSPS) is 17.1. The Hall–Kier alpha value is -4.79. The maximum absolute atomic E-state index is 13.8. The third kappa shape index (κ3) is 5.68. The van der Waals surface area contributed by atoms with Crippen molar-refractivity contribution in [1.82, 2.24) is 19.3 Å². The summed E-state index contributed by atoms with van der Waals surface area (Å²) < 4.78 is 43.2. The molecular formula is C30H27F3N6O3. The molecular weight excluding hydrogens is 549 g/mol. The van der Waals surface area contributed by atoms with E-state index in [1.165, 1.54) is 29.1 Å². The molecule has 0 spiro atoms. The van der Waals surface area contributed by atoms with E-state index in [-0.39, 0.29) is 41.9 Å². The van der Waals surface area contributed by atoms with Gasteiger partial charge in [0, 0.05) is 12.5 Å². The molecule has 1 amide bonds. The van der Waals surface area contributed by atoms with Crippen molar-refractivity contribution in [2.75, 3.05) is 5.32 Å². The maximum Gasteiger partial charge on any atom is 0.417 e. The Balaban J connectivity index is 1.45. The van der Waals surface area contributed by atoms with Crippen LogP contribution in [0.4, 0.5) is 18.9 Å². The summed E-state index contributed by atoms with van der Waals surface area (Å²) in [6, 6.07) is 11.7. The summed E-state index contributed by atoms with van der Waals surface area (Å²) in [5.41, 5.74) is -1.29. The number of anilines is 1. The molecule has 1 N–H and O–H groups in total. The number of hydrogen-bond donors (Lipinski definition) is 1. The van der Waals surface area contributed by atoms with E-state index >= 15 is 0 Å². The van der Waals surface area contributed by atoms with Crippen LogP contribution >= 0.6 is 0 Å². The number of alkyl halides is 3. The SMILES string of the molecule is Cc1cccc2c1c(=O)n(CC1CCC(C(=O)Nc3ccnnc3)CC1)c(=O)n2Cc1cccc(C(F)(F)F)c1C#N. The quantitative estimate of drug-likeness (QED) is 0.357. The minimum absolute atomic E-state index is 0.0262. The zero-order chi connectivity index (χ0) is 30.0. The van der Waals surface area contributed by atoms with Crippen LogP contribution in [0.5, 0.6) is 0 Å². The van der Waals surface area contributed by atoms with Crippen molar-refractivity contribution in [3.8, 4) is 6.07 Å². The van der Waals surface area contributed by atoms with Gasteiger partial charge in [-0.1, -0.05) is 24.3 Å². The number of carbonyl (C=O) groups is 1. The zero-order valence-electron chi connectivity index (χ0n) is 22.7. The fourth-order valence-corrected chi connectivity index (χ4v) is 5.68. The van der Waals surface area contributed by atoms with Crippen LogP contribution in [0.15, 0.2) is 64.4 Å². The molecule has 0 atom stereocenters. The van der Waals surface area contributed by atoms with Gasteiger partial charge < -0.3 is 5.32 Å². The van der Waals surface area contributed by atoms with E-state index in [1.54, 1.807) is 37.3 Å². The van der Waals surface area contributed by atoms with Crippen LogP contribution in [0.3, 0.4) is 0 Å². The number of aryl methyl sites for hydroxylation is 1. The first-order valence-corrected chi connectivity index (χ1v) is 13.5. The number of halogens is 3. The van der Waals surface area contributed by atoms with E-state index in [2.05, 4.69) is 15.5 Å². The summed E-state index contributed by atoms with van der Waals surface area (Å²) in [7, 11) is 0. The average Bonchev–Trinajstić information content (AvgIpc) is 2.97. The molecule has 1 fully saturated rings. The maximum atomic E-state index is 13.8. The summed E-state index contributed by atoms with van der Waals surface area (Å²) in [4.78, 5) is 40.1. The highest BCUT2D eigenvalue weighted by atomic mass is 19.4. The average molecular weight is 577 g/mol. The molecule has 2 heterocycles. The minimum Gasteiger partial charge on any atom is -0.324 e. The molecule has 2 aromatic heterocycles. The van der Waals surface area contributed by atoms with Gasteiger partial charge in [0.05, 0.1) is 46.7 Å². The first-order valence-electron chi connectivity index (χ1n) is 13.5. The second-order valence-electron chi connectivity index (χ2n) is 10.5. The first kappa shape index (κ1) is 28.7. The summed E-state index contributed by atoms with van der Waals surface area (Å²) in [6.45, 7) is 1.52. The van der Waals surface area contributed by atoms with Crippen LogP contribution in [-0.4, -0.2) is 25.2 Å². The number of nitrogens with zero attached hydrogens (tertiary/aromatic N) is 5. The van der Waals surface area contributed by atoms with Crippen molar-refractivity contribution < 1.29 is 18.0 Å². The molecule has 9 nitrogen and oxygen atoms in total. The molecule has 4 aromatic rings. The summed E-state index contributed by atoms with van der Waals surface area (Å²) >= 11 is 0. The van der Waals surface area contributed by atoms with Crippen LogP contribution in [-0.2, 0) is 24.1 Å². The Labute approximate surface area is 238 Å². The predicted octanol–water partition coefficient (Wildman–Crippen LogP) is 4.65. The van der Waals surface area contributed by atoms with Crippen LogP contribution in [0.25, 0.3) is 10.9 Å². The van der Waals surface area contributed by atoms with Gasteiger partial charge in [-0.05, 0) is 67.9 Å². The number of nitriles is 1. The van der Waals surface area contributed by atoms with Crippen molar-refractivity contribution in [3.63, 3.8) is 0 Å². The second-order valence-corrected chi connectivity index (χ2v) is 10.5. The minimum atomic E-state index is -4.74. The van der Waals surface area contributed by atoms with Crippen LogP contribution in [0.2, 0.25) is 0 Å². The Morgan fingerprint density at radius 2 is 1.79 bits per heavy atom. The van der Waals surface area contributed by atoms with Gasteiger partial charge >= 0.3 is 11.9 Å². The van der Waals surface area contributed by atoms with E-state index in [0.29, 0.717) is 42.3 Å². The molecule has 12 heteroatoms. The Morgan fingerprint density at radius 1 is 1.05 bits per heavy atom. The number of benzene rings is 2. The van der Waals surface area contributed by atoms with E-state index < -0.39 is 28.6 Å². The third-order valence-corrected chi connectivity index (χ3v) is 7.87. The number of aromatic nitrogens is 4. The standard InChI is InChI=1S/C30H27F3N6O3/c1-18-4-2-7-25-26(18)28(41)39(16-19-8-10-20(11-9-19)27(40)37-22-12-13-35-36-15-22)29(42)38(25)17-21-5-3-6-24(23(21)14-34)30(31,32)33/h2-7,12-13,15,19-20H,8-11,16-17H2,1H3,(H,35,37,40). The molecule has 1 saturated carbocycles. The predicted molar refractivity (Wildman–Crippen MR) is 149 cm³/mol. The van der Waals surface area contributed by atoms with E-state index in [1.807, 2.05) is 0 Å². The van der Waals surface area contributed by atoms with Gasteiger partial charge in [0.2, 0.25) is 5.91 Å². The fraction of sp³-hybridized carbons (Fsp3) is 0.333. The Morgan fingerprint density at radius 3 is 2.45 bits per heavy atom. The summed E-state index contributed by atoms with van der Waals surface area (Å²) in [5.74, 6) is -0.413. The smallest absolute Gasteiger partial charge is 0.324 e. The van der Waals surface area contributed by atoms with Gasteiger partial charge in [0.15, 0.2) is 0 Å². The van der Waals surface area contributed by atoms with Crippen molar-refractivity contribution in [3.05, 3.63) is 98.0 Å². The van der Waals surface area contributed by atoms with E-state index in [0.717, 1.165) is 10.6 Å². The number of hydrogen-bond acceptors (Lipinski definition) is 6. The van der Waals surface area contributed by atoms with Crippen molar-refractivity contribution >= 4 is 22.5 Å². The molecule has 0 bridgehead atoms. The van der Waals surface area contributed by atoms with E-state index in [9.17, 15) is 32.8 Å². The lowest BCUT2D eigenvalue weighted by Crippen LogP contribution is -2.42. The number of rotatable bonds is 6. The molecule has 2 aromatic carbocycles. The van der Waals surface area contributed by atoms with Gasteiger partial charge in [-0.3, -0.25) is 18.7 Å². The van der Waals surface area contributed by atoms with Gasteiger partial charge in [0.1, 0.15) is 6.07 Å². The van der Waals surface area contributed by atoms with Gasteiger partial charge in [-0.25, -0.2) is 4.79 Å². The fourth-order valence-electron chi connectivity index (χ4n) is 5.68. The molecule has 216 valence electrons. The highest BCUT2D eigenvalue weighted by Gasteiger charge is 2.34. The van der Waals surface area contributed by atoms with Crippen molar-refractivity contribution in [2.24, 2.45) is 11.8 Å². The number of amides is 1. The summed E-state index contributed by atoms with van der Waals surface area (Å²) in [6.07, 6.45) is 0.556. The Kier molecular flexibility index (Phi) is 7.93. The number of fused-ring (bicyclic) bond motifs is 1. The highest BCUT2D eigenvalue weighted by molar-refractivity contribution is 5.92. The lowest BCUT2D eigenvalue weighted by molar-refractivity contribution is -0.137. The monoisotopic (exact) mass is 576 g/mol. The molecule has 42 heavy (non-hydrogen) atoms. The third-order valence-electron chi connectivity index (χ3n) is 7.87. The second kappa shape index (κ2) is 11.6. The van der Waals surface area contributed by atoms with Crippen molar-refractivity contribution in [2.45, 2.75) is 51.9 Å². The Bertz CT molecular complexity index is 1800. The number of nitrogens with one attached hydrogen (secondary N) is 1. The van der Waals surface area contributed by atoms with Crippen LogP contribution in [0, 0.1) is 30.1 Å². The van der Waals surface area contributed by atoms with Crippen LogP contribution < -0.4 is 16.6 Å². The molecule has 0 unspecified atom stereocenters. The largest absolute Gasteiger partial charge is 0.417 e. The summed E-state index contributed by atoms with van der Waals surface area (Å²) in [5, 5.41) is 20.2. The topological polar surface area (TPSA) is 123 Å². The lowest BCUT2D eigenvalue weighted by atomic mass is 9.81. The first-order chi connectivity index (χ1) is 20.1. The molecule has 0 aliphatic heterocycles. The van der Waals surface area contributed by atoms with Crippen molar-refractivity contribution in [1.29, 1.82) is 5.26 Å². The van der Waals surface area contributed by atoms with Gasteiger partial charge in [0.25, 0.3) is 5.56 Å². The molecule has 5 rings (SSSR count). The molecule has 1 aliphatic carbocycles. The molecule has 0 saturated heterocycles.